The standard InChI is InChI=1S/C3H7NOS.C3H9N.CH3NOS/c1-2-4-3(5)6;1-4(2)3;2-1(3)4/h2H2,1H3,(H2,4,5,6);1-3H3;(H3,2,3,4). The molecular formula is C7H19N3O2S2. The summed E-state index contributed by atoms with van der Waals surface area (Å²) in [5, 5.41) is 1.53. The van der Waals surface area contributed by atoms with Crippen molar-refractivity contribution < 1.29 is 9.59 Å². The molecule has 0 radical (unpaired) electrons. The highest BCUT2D eigenvalue weighted by Gasteiger charge is 1.80. The first-order valence-electron chi connectivity index (χ1n) is 3.80. The monoisotopic (exact) mass is 241 g/mol. The van der Waals surface area contributed by atoms with Crippen LogP contribution in [0.1, 0.15) is 6.92 Å². The number of amides is 2. The van der Waals surface area contributed by atoms with Crippen molar-refractivity contribution in [3.63, 3.8) is 0 Å². The topological polar surface area (TPSA) is 75.4 Å². The van der Waals surface area contributed by atoms with E-state index in [1.165, 1.54) is 0 Å². The Hall–Kier alpha value is -0.400. The fraction of sp³-hybridized carbons (Fsp3) is 0.714. The second-order valence-electron chi connectivity index (χ2n) is 2.52. The normalized spacial score (nSPS) is 7.64. The minimum Gasteiger partial charge on any atom is -0.361 e. The molecular weight excluding hydrogens is 222 g/mol. The largest absolute Gasteiger partial charge is 0.361 e. The molecule has 0 aromatic heterocycles. The van der Waals surface area contributed by atoms with Crippen molar-refractivity contribution in [3.05, 3.63) is 0 Å². The number of nitrogens with zero attached hydrogens (tertiary/aromatic N) is 1. The third-order valence-corrected chi connectivity index (χ3v) is 0.486. The number of primary amides is 1. The van der Waals surface area contributed by atoms with E-state index >= 15 is 0 Å². The predicted molar refractivity (Wildman–Crippen MR) is 66.2 cm³/mol. The van der Waals surface area contributed by atoms with Gasteiger partial charge in [-0.3, -0.25) is 9.59 Å². The number of rotatable bonds is 1. The molecule has 0 aromatic rings. The third kappa shape index (κ3) is 193. The average Bonchev–Trinajstić information content (AvgIpc) is 1.82. The Bertz CT molecular complexity index is 147. The van der Waals surface area contributed by atoms with Crippen LogP contribution in [0.5, 0.6) is 0 Å². The van der Waals surface area contributed by atoms with Gasteiger partial charge in [-0.2, -0.15) is 0 Å². The molecule has 0 aromatic carbocycles. The maximum atomic E-state index is 9.80. The van der Waals surface area contributed by atoms with Gasteiger partial charge >= 0.3 is 0 Å². The van der Waals surface area contributed by atoms with E-state index in [4.69, 9.17) is 4.79 Å². The minimum atomic E-state index is -0.639. The first-order chi connectivity index (χ1) is 6.23. The highest BCUT2D eigenvalue weighted by Crippen LogP contribution is 1.70. The van der Waals surface area contributed by atoms with E-state index in [0.29, 0.717) is 6.54 Å². The average molecular weight is 241 g/mol. The molecule has 0 rings (SSSR count). The van der Waals surface area contributed by atoms with Gasteiger partial charge in [0.15, 0.2) is 0 Å². The Labute approximate surface area is 96.2 Å². The maximum absolute atomic E-state index is 9.80. The van der Waals surface area contributed by atoms with Crippen LogP contribution in [0.2, 0.25) is 0 Å². The van der Waals surface area contributed by atoms with Gasteiger partial charge in [-0.1, -0.05) is 25.3 Å². The minimum absolute atomic E-state index is 0.266. The summed E-state index contributed by atoms with van der Waals surface area (Å²) in [5.41, 5.74) is 4.34. The molecule has 3 N–H and O–H groups in total. The first kappa shape index (κ1) is 19.2. The zero-order valence-corrected chi connectivity index (χ0v) is 10.7. The molecule has 86 valence electrons. The van der Waals surface area contributed by atoms with E-state index in [2.05, 4.69) is 36.3 Å². The molecule has 2 amide bonds. The summed E-state index contributed by atoms with van der Waals surface area (Å²) in [7, 11) is 6.00. The molecule has 0 aliphatic rings. The van der Waals surface area contributed by atoms with Crippen LogP contribution in [-0.4, -0.2) is 43.1 Å². The number of hydrogen-bond donors (Lipinski definition) is 4. The number of carbonyl (C=O) groups is 2. The van der Waals surface area contributed by atoms with Crippen LogP contribution in [0.4, 0.5) is 9.59 Å². The zero-order chi connectivity index (χ0) is 12.1. The molecule has 0 atom stereocenters. The Morgan fingerprint density at radius 1 is 1.29 bits per heavy atom. The molecule has 7 heteroatoms. The molecule has 0 saturated heterocycles. The van der Waals surface area contributed by atoms with E-state index in [0.717, 1.165) is 0 Å². The van der Waals surface area contributed by atoms with Crippen LogP contribution in [-0.2, 0) is 0 Å². The second-order valence-corrected chi connectivity index (χ2v) is 3.36. The molecule has 5 nitrogen and oxygen atoms in total. The summed E-state index contributed by atoms with van der Waals surface area (Å²) in [6, 6.07) is 0. The predicted octanol–water partition coefficient (Wildman–Crippen LogP) is 0.818. The summed E-state index contributed by atoms with van der Waals surface area (Å²) in [5.74, 6) is 0. The fourth-order valence-electron chi connectivity index (χ4n) is 0.151. The second kappa shape index (κ2) is 15.1. The van der Waals surface area contributed by atoms with Crippen molar-refractivity contribution in [2.24, 2.45) is 5.73 Å². The van der Waals surface area contributed by atoms with Gasteiger partial charge in [0.1, 0.15) is 0 Å². The van der Waals surface area contributed by atoms with Crippen molar-refractivity contribution in [1.29, 1.82) is 0 Å². The lowest BCUT2D eigenvalue weighted by Gasteiger charge is -1.90. The summed E-state index contributed by atoms with van der Waals surface area (Å²) in [6.45, 7) is 2.50. The summed E-state index contributed by atoms with van der Waals surface area (Å²) >= 11 is 6.53. The third-order valence-electron chi connectivity index (χ3n) is 0.328. The van der Waals surface area contributed by atoms with Gasteiger partial charge in [0.2, 0.25) is 0 Å². The first-order valence-corrected chi connectivity index (χ1v) is 4.69. The molecule has 0 spiro atoms. The summed E-state index contributed by atoms with van der Waals surface area (Å²) in [4.78, 5) is 20.9. The molecule has 0 unspecified atom stereocenters. The molecule has 0 fully saturated rings. The van der Waals surface area contributed by atoms with E-state index in [-0.39, 0.29) is 5.24 Å². The number of nitrogens with one attached hydrogen (secondary N) is 1. The van der Waals surface area contributed by atoms with Crippen molar-refractivity contribution >= 4 is 35.7 Å². The van der Waals surface area contributed by atoms with Crippen LogP contribution in [0.25, 0.3) is 0 Å². The lowest BCUT2D eigenvalue weighted by Crippen LogP contribution is -2.14. The van der Waals surface area contributed by atoms with Crippen molar-refractivity contribution in [3.8, 4) is 0 Å². The maximum Gasteiger partial charge on any atom is 0.275 e. The van der Waals surface area contributed by atoms with Crippen LogP contribution < -0.4 is 11.1 Å². The fourth-order valence-corrected chi connectivity index (χ4v) is 0.309. The van der Waals surface area contributed by atoms with Gasteiger partial charge in [-0.05, 0) is 28.1 Å². The van der Waals surface area contributed by atoms with Gasteiger partial charge in [-0.15, -0.1) is 0 Å². The smallest absolute Gasteiger partial charge is 0.275 e. The van der Waals surface area contributed by atoms with Gasteiger partial charge < -0.3 is 16.0 Å². The van der Waals surface area contributed by atoms with Gasteiger partial charge in [0.25, 0.3) is 10.5 Å². The Morgan fingerprint density at radius 2 is 1.50 bits per heavy atom. The van der Waals surface area contributed by atoms with E-state index in [1.54, 1.807) is 0 Å². The Morgan fingerprint density at radius 3 is 1.50 bits per heavy atom. The number of hydrogen-bond acceptors (Lipinski definition) is 3. The zero-order valence-electron chi connectivity index (χ0n) is 8.94. The SMILES string of the molecule is CCNC(=O)S.CN(C)C.NC(=O)S. The van der Waals surface area contributed by atoms with Crippen LogP contribution in [0, 0.1) is 0 Å². The van der Waals surface area contributed by atoms with Crippen molar-refractivity contribution in [1.82, 2.24) is 10.2 Å². The van der Waals surface area contributed by atoms with Crippen LogP contribution in [0.15, 0.2) is 0 Å². The van der Waals surface area contributed by atoms with Gasteiger partial charge in [0.05, 0.1) is 0 Å². The van der Waals surface area contributed by atoms with Crippen molar-refractivity contribution in [2.75, 3.05) is 27.7 Å². The highest BCUT2D eigenvalue weighted by molar-refractivity contribution is 7.96. The molecule has 14 heavy (non-hydrogen) atoms. The summed E-state index contributed by atoms with van der Waals surface area (Å²) in [6.07, 6.45) is 0. The number of nitrogens with two attached hydrogens (primary N) is 1. The molecule has 0 aliphatic heterocycles. The molecule has 0 saturated carbocycles. The van der Waals surface area contributed by atoms with Gasteiger partial charge in [-0.25, -0.2) is 0 Å². The number of carbonyl (C=O) groups excluding carboxylic acids is 2. The van der Waals surface area contributed by atoms with E-state index in [1.807, 2.05) is 33.0 Å². The van der Waals surface area contributed by atoms with Gasteiger partial charge in [0, 0.05) is 6.54 Å². The van der Waals surface area contributed by atoms with E-state index < -0.39 is 5.24 Å². The summed E-state index contributed by atoms with van der Waals surface area (Å²) < 4.78 is 0. The highest BCUT2D eigenvalue weighted by atomic mass is 32.1. The van der Waals surface area contributed by atoms with Crippen molar-refractivity contribution in [2.45, 2.75) is 6.92 Å². The molecule has 0 heterocycles. The molecule has 0 aliphatic carbocycles. The number of thiol groups is 2. The van der Waals surface area contributed by atoms with E-state index in [9.17, 15) is 4.79 Å². The lowest BCUT2D eigenvalue weighted by molar-refractivity contribution is 0.261. The molecule has 0 bridgehead atoms. The Balaban J connectivity index is -0.000000135. The van der Waals surface area contributed by atoms with Crippen LogP contribution >= 0.6 is 25.3 Å². The van der Waals surface area contributed by atoms with Crippen LogP contribution in [0.3, 0.4) is 0 Å². The quantitative estimate of drug-likeness (QED) is 0.513. The Kier molecular flexibility index (Phi) is 20.7. The lowest BCUT2D eigenvalue weighted by atomic mass is 10.8.